The zero-order valence-corrected chi connectivity index (χ0v) is 11.5. The normalized spacial score (nSPS) is 21.6. The third kappa shape index (κ3) is 2.82. The molecule has 0 saturated carbocycles. The molecular weight excluding hydrogens is 226 g/mol. The number of aliphatic hydroxyl groups excluding tert-OH is 1. The fraction of sp³-hybridized carbons (Fsp3) is 0.643. The van der Waals surface area contributed by atoms with Gasteiger partial charge in [0.15, 0.2) is 0 Å². The molecule has 18 heavy (non-hydrogen) atoms. The number of hydrogen-bond acceptors (Lipinski definition) is 4. The van der Waals surface area contributed by atoms with Crippen LogP contribution in [-0.2, 0) is 0 Å². The van der Waals surface area contributed by atoms with Gasteiger partial charge < -0.3 is 14.9 Å². The summed E-state index contributed by atoms with van der Waals surface area (Å²) < 4.78 is 0. The first-order valence-electron chi connectivity index (χ1n) is 6.67. The summed E-state index contributed by atoms with van der Waals surface area (Å²) in [7, 11) is 4.26. The Kier molecular flexibility index (Phi) is 4.19. The third-order valence-corrected chi connectivity index (χ3v) is 3.76. The first-order valence-corrected chi connectivity index (χ1v) is 6.67. The monoisotopic (exact) mass is 249 g/mol. The summed E-state index contributed by atoms with van der Waals surface area (Å²) in [5.41, 5.74) is 1.93. The van der Waals surface area contributed by atoms with Crippen molar-refractivity contribution in [3.05, 3.63) is 24.0 Å². The van der Waals surface area contributed by atoms with Crippen LogP contribution in [0.3, 0.4) is 0 Å². The quantitative estimate of drug-likeness (QED) is 0.881. The van der Waals surface area contributed by atoms with Crippen molar-refractivity contribution in [3.8, 4) is 0 Å². The van der Waals surface area contributed by atoms with Crippen LogP contribution in [0.1, 0.15) is 31.6 Å². The lowest BCUT2D eigenvalue weighted by Gasteiger charge is -2.21. The highest BCUT2D eigenvalue weighted by atomic mass is 16.3. The van der Waals surface area contributed by atoms with Crippen molar-refractivity contribution >= 4 is 5.69 Å². The Morgan fingerprint density at radius 3 is 2.78 bits per heavy atom. The molecule has 1 aliphatic rings. The molecule has 100 valence electrons. The van der Waals surface area contributed by atoms with Gasteiger partial charge in [-0.2, -0.15) is 0 Å². The predicted octanol–water partition coefficient (Wildman–Crippen LogP) is 1.67. The molecule has 4 nitrogen and oxygen atoms in total. The van der Waals surface area contributed by atoms with Crippen molar-refractivity contribution in [2.45, 2.75) is 31.9 Å². The van der Waals surface area contributed by atoms with Crippen LogP contribution in [0.25, 0.3) is 0 Å². The lowest BCUT2D eigenvalue weighted by Crippen LogP contribution is -2.31. The molecule has 0 bridgehead atoms. The van der Waals surface area contributed by atoms with Gasteiger partial charge in [0.25, 0.3) is 0 Å². The van der Waals surface area contributed by atoms with E-state index in [4.69, 9.17) is 0 Å². The van der Waals surface area contributed by atoms with Crippen molar-refractivity contribution in [2.75, 3.05) is 32.1 Å². The molecule has 0 spiro atoms. The summed E-state index contributed by atoms with van der Waals surface area (Å²) in [5.74, 6) is 0. The minimum absolute atomic E-state index is 0.438. The molecule has 0 amide bonds. The van der Waals surface area contributed by atoms with Crippen LogP contribution in [0.15, 0.2) is 18.3 Å². The summed E-state index contributed by atoms with van der Waals surface area (Å²) in [4.78, 5) is 9.00. The second-order valence-corrected chi connectivity index (χ2v) is 5.22. The Labute approximate surface area is 109 Å². The number of nitrogens with zero attached hydrogens (tertiary/aromatic N) is 3. The van der Waals surface area contributed by atoms with E-state index >= 15 is 0 Å². The maximum Gasteiger partial charge on any atom is 0.0957 e. The Morgan fingerprint density at radius 2 is 2.28 bits per heavy atom. The van der Waals surface area contributed by atoms with Crippen LogP contribution < -0.4 is 4.90 Å². The summed E-state index contributed by atoms with van der Waals surface area (Å²) >= 11 is 0. The van der Waals surface area contributed by atoms with Crippen molar-refractivity contribution < 1.29 is 5.11 Å². The van der Waals surface area contributed by atoms with Gasteiger partial charge in [0.2, 0.25) is 0 Å². The van der Waals surface area contributed by atoms with E-state index in [-0.39, 0.29) is 0 Å². The fourth-order valence-electron chi connectivity index (χ4n) is 2.39. The first-order chi connectivity index (χ1) is 8.61. The molecule has 1 aliphatic heterocycles. The van der Waals surface area contributed by atoms with Crippen molar-refractivity contribution in [1.29, 1.82) is 0 Å². The van der Waals surface area contributed by atoms with Gasteiger partial charge in [0, 0.05) is 19.1 Å². The second-order valence-electron chi connectivity index (χ2n) is 5.22. The minimum Gasteiger partial charge on any atom is -0.387 e. The fourth-order valence-corrected chi connectivity index (χ4v) is 2.39. The van der Waals surface area contributed by atoms with E-state index in [1.807, 2.05) is 19.2 Å². The van der Waals surface area contributed by atoms with E-state index in [0.717, 1.165) is 24.5 Å². The molecule has 2 atom stereocenters. The smallest absolute Gasteiger partial charge is 0.0957 e. The summed E-state index contributed by atoms with van der Waals surface area (Å²) in [6, 6.07) is 4.64. The minimum atomic E-state index is -0.438. The third-order valence-electron chi connectivity index (χ3n) is 3.76. The Balaban J connectivity index is 2.02. The maximum absolute atomic E-state index is 9.72. The predicted molar refractivity (Wildman–Crippen MR) is 73.8 cm³/mol. The molecule has 1 saturated heterocycles. The van der Waals surface area contributed by atoms with E-state index in [2.05, 4.69) is 34.9 Å². The summed E-state index contributed by atoms with van der Waals surface area (Å²) in [5, 5.41) is 9.72. The molecule has 0 radical (unpaired) electrons. The van der Waals surface area contributed by atoms with E-state index < -0.39 is 6.10 Å². The van der Waals surface area contributed by atoms with Crippen LogP contribution in [-0.4, -0.2) is 48.2 Å². The van der Waals surface area contributed by atoms with Gasteiger partial charge in [-0.25, -0.2) is 0 Å². The molecule has 1 aromatic rings. The Morgan fingerprint density at radius 1 is 1.50 bits per heavy atom. The Bertz CT molecular complexity index is 377. The van der Waals surface area contributed by atoms with Gasteiger partial charge in [-0.05, 0) is 39.1 Å². The van der Waals surface area contributed by atoms with Crippen LogP contribution in [0.5, 0.6) is 0 Å². The molecule has 2 rings (SSSR count). The first kappa shape index (κ1) is 13.3. The molecule has 4 heteroatoms. The average molecular weight is 249 g/mol. The summed E-state index contributed by atoms with van der Waals surface area (Å²) in [6.07, 6.45) is 3.35. The average Bonchev–Trinajstić information content (AvgIpc) is 2.88. The van der Waals surface area contributed by atoms with Gasteiger partial charge >= 0.3 is 0 Å². The number of anilines is 1. The molecule has 2 heterocycles. The highest BCUT2D eigenvalue weighted by Crippen LogP contribution is 2.23. The zero-order valence-electron chi connectivity index (χ0n) is 11.5. The van der Waals surface area contributed by atoms with Crippen LogP contribution in [0.4, 0.5) is 5.69 Å². The van der Waals surface area contributed by atoms with Gasteiger partial charge in [-0.15, -0.1) is 0 Å². The number of pyridine rings is 1. The van der Waals surface area contributed by atoms with Gasteiger partial charge in [-0.1, -0.05) is 6.92 Å². The number of likely N-dealkylation sites (N-methyl/N-ethyl adjacent to an activating group) is 1. The SMILES string of the molecule is CC[C@@H](O)c1ccc(N2CCC(N(C)C)C2)cn1. The number of rotatable bonds is 4. The Hall–Kier alpha value is -1.13. The number of aromatic nitrogens is 1. The van der Waals surface area contributed by atoms with Gasteiger partial charge in [0.1, 0.15) is 0 Å². The molecule has 0 aromatic carbocycles. The standard InChI is InChI=1S/C14H23N3O/c1-4-14(18)13-6-5-11(9-15-13)17-8-7-12(10-17)16(2)3/h5-6,9,12,14,18H,4,7-8,10H2,1-3H3/t12?,14-/m1/s1. The molecular formula is C14H23N3O. The molecule has 1 aromatic heterocycles. The lowest BCUT2D eigenvalue weighted by molar-refractivity contribution is 0.169. The molecule has 1 N–H and O–H groups in total. The molecule has 1 unspecified atom stereocenters. The van der Waals surface area contributed by atoms with E-state index in [0.29, 0.717) is 12.5 Å². The molecule has 0 aliphatic carbocycles. The van der Waals surface area contributed by atoms with E-state index in [1.165, 1.54) is 6.42 Å². The van der Waals surface area contributed by atoms with Gasteiger partial charge in [0.05, 0.1) is 23.7 Å². The van der Waals surface area contributed by atoms with Crippen LogP contribution >= 0.6 is 0 Å². The topological polar surface area (TPSA) is 39.6 Å². The van der Waals surface area contributed by atoms with E-state index in [1.54, 1.807) is 0 Å². The van der Waals surface area contributed by atoms with E-state index in [9.17, 15) is 5.11 Å². The van der Waals surface area contributed by atoms with Gasteiger partial charge in [-0.3, -0.25) is 4.98 Å². The zero-order chi connectivity index (χ0) is 13.1. The van der Waals surface area contributed by atoms with Crippen molar-refractivity contribution in [3.63, 3.8) is 0 Å². The number of hydrogen-bond donors (Lipinski definition) is 1. The number of aliphatic hydroxyl groups is 1. The van der Waals surface area contributed by atoms with Crippen LogP contribution in [0.2, 0.25) is 0 Å². The highest BCUT2D eigenvalue weighted by molar-refractivity contribution is 5.46. The van der Waals surface area contributed by atoms with Crippen molar-refractivity contribution in [2.24, 2.45) is 0 Å². The maximum atomic E-state index is 9.72. The van der Waals surface area contributed by atoms with Crippen molar-refractivity contribution in [1.82, 2.24) is 9.88 Å². The lowest BCUT2D eigenvalue weighted by atomic mass is 10.2. The second kappa shape index (κ2) is 5.67. The highest BCUT2D eigenvalue weighted by Gasteiger charge is 2.24. The van der Waals surface area contributed by atoms with Crippen LogP contribution in [0, 0.1) is 0 Å². The molecule has 1 fully saturated rings. The largest absolute Gasteiger partial charge is 0.387 e. The summed E-state index contributed by atoms with van der Waals surface area (Å²) in [6.45, 7) is 4.10.